The number of likely N-dealkylation sites (N-methyl/N-ethyl adjacent to an activating group) is 1. The first-order valence-corrected chi connectivity index (χ1v) is 9.91. The number of aryl methyl sites for hydroxylation is 1. The Labute approximate surface area is 162 Å². The van der Waals surface area contributed by atoms with Crippen LogP contribution < -0.4 is 10.4 Å². The van der Waals surface area contributed by atoms with Gasteiger partial charge in [-0.1, -0.05) is 0 Å². The zero-order chi connectivity index (χ0) is 18.9. The largest absolute Gasteiger partial charge is 0.471 e. The zero-order valence-electron chi connectivity index (χ0n) is 15.8. The van der Waals surface area contributed by atoms with Crippen LogP contribution in [0, 0.1) is 0 Å². The van der Waals surface area contributed by atoms with E-state index in [0.29, 0.717) is 29.7 Å². The van der Waals surface area contributed by atoms with E-state index in [-0.39, 0.29) is 28.7 Å². The molecule has 4 fully saturated rings. The van der Waals surface area contributed by atoms with Crippen LogP contribution in [0.2, 0.25) is 5.28 Å². The summed E-state index contributed by atoms with van der Waals surface area (Å²) in [6.45, 7) is 3.65. The quantitative estimate of drug-likeness (QED) is 0.733. The standard InChI is InChI=1S/C18H24ClN5O3/c1-10(12-5-4-6-22(12)2)27-15-13-14(20-16(19)21-15)24(17(25)23(13)3)18-7-11(8-18)26-9-18/h10-12H,4-9H2,1-3H3/t10-,11?,12-,18?/m0/s1. The van der Waals surface area contributed by atoms with Crippen molar-refractivity contribution in [1.82, 2.24) is 24.0 Å². The van der Waals surface area contributed by atoms with Crippen molar-refractivity contribution in [2.24, 2.45) is 7.05 Å². The average Bonchev–Trinajstić information content (AvgIpc) is 3.32. The van der Waals surface area contributed by atoms with Crippen LogP contribution in [0.15, 0.2) is 4.79 Å². The Balaban J connectivity index is 1.60. The number of imidazole rings is 1. The molecule has 8 nitrogen and oxygen atoms in total. The lowest BCUT2D eigenvalue weighted by atomic mass is 9.78. The van der Waals surface area contributed by atoms with Crippen LogP contribution in [0.5, 0.6) is 5.88 Å². The first-order valence-electron chi connectivity index (χ1n) is 9.53. The Bertz CT molecular complexity index is 959. The van der Waals surface area contributed by atoms with Gasteiger partial charge in [-0.3, -0.25) is 14.0 Å². The summed E-state index contributed by atoms with van der Waals surface area (Å²) in [4.78, 5) is 24.1. The highest BCUT2D eigenvalue weighted by Gasteiger charge is 2.55. The van der Waals surface area contributed by atoms with Gasteiger partial charge in [-0.25, -0.2) is 4.79 Å². The highest BCUT2D eigenvalue weighted by molar-refractivity contribution is 6.28. The molecule has 0 amide bonds. The molecular formula is C18H24ClN5O3. The lowest BCUT2D eigenvalue weighted by Crippen LogP contribution is -2.48. The van der Waals surface area contributed by atoms with Gasteiger partial charge in [0.25, 0.3) is 0 Å². The van der Waals surface area contributed by atoms with Gasteiger partial charge in [0.1, 0.15) is 6.10 Å². The van der Waals surface area contributed by atoms with E-state index in [4.69, 9.17) is 21.1 Å². The van der Waals surface area contributed by atoms with Crippen molar-refractivity contribution >= 4 is 22.8 Å². The van der Waals surface area contributed by atoms with E-state index >= 15 is 0 Å². The Hall–Kier alpha value is -1.64. The summed E-state index contributed by atoms with van der Waals surface area (Å²) < 4.78 is 15.3. The van der Waals surface area contributed by atoms with Gasteiger partial charge in [0.15, 0.2) is 11.2 Å². The zero-order valence-corrected chi connectivity index (χ0v) is 16.6. The van der Waals surface area contributed by atoms with Gasteiger partial charge in [0.05, 0.1) is 18.2 Å². The Morgan fingerprint density at radius 2 is 2.11 bits per heavy atom. The molecule has 2 bridgehead atoms. The second-order valence-corrected chi connectivity index (χ2v) is 8.56. The predicted octanol–water partition coefficient (Wildman–Crippen LogP) is 1.53. The maximum Gasteiger partial charge on any atom is 0.330 e. The van der Waals surface area contributed by atoms with Crippen LogP contribution in [0.1, 0.15) is 32.6 Å². The smallest absolute Gasteiger partial charge is 0.330 e. The third kappa shape index (κ3) is 2.46. The molecule has 0 spiro atoms. The van der Waals surface area contributed by atoms with E-state index in [1.807, 2.05) is 6.92 Å². The molecule has 3 saturated heterocycles. The van der Waals surface area contributed by atoms with Crippen LogP contribution >= 0.6 is 11.6 Å². The second-order valence-electron chi connectivity index (χ2n) is 8.23. The molecule has 0 unspecified atom stereocenters. The number of rotatable bonds is 4. The lowest BCUT2D eigenvalue weighted by Gasteiger charge is -2.36. The van der Waals surface area contributed by atoms with Gasteiger partial charge in [0, 0.05) is 13.1 Å². The van der Waals surface area contributed by atoms with E-state index < -0.39 is 0 Å². The minimum Gasteiger partial charge on any atom is -0.471 e. The summed E-state index contributed by atoms with van der Waals surface area (Å²) in [7, 11) is 3.85. The minimum absolute atomic E-state index is 0.0637. The Kier molecular flexibility index (Phi) is 3.83. The minimum atomic E-state index is -0.312. The van der Waals surface area contributed by atoms with Crippen molar-refractivity contribution in [1.29, 1.82) is 0 Å². The summed E-state index contributed by atoms with van der Waals surface area (Å²) in [5, 5.41) is 0.0926. The fraction of sp³-hybridized carbons (Fsp3) is 0.722. The van der Waals surface area contributed by atoms with Crippen molar-refractivity contribution < 1.29 is 9.47 Å². The van der Waals surface area contributed by atoms with Crippen LogP contribution in [0.3, 0.4) is 0 Å². The highest BCUT2D eigenvalue weighted by atomic mass is 35.5. The molecule has 6 rings (SSSR count). The van der Waals surface area contributed by atoms with Crippen LogP contribution in [0.4, 0.5) is 0 Å². The number of hydrogen-bond donors (Lipinski definition) is 0. The summed E-state index contributed by atoms with van der Waals surface area (Å²) in [6.07, 6.45) is 4.11. The summed E-state index contributed by atoms with van der Waals surface area (Å²) >= 11 is 6.23. The number of hydrogen-bond acceptors (Lipinski definition) is 6. The first-order chi connectivity index (χ1) is 12.9. The molecule has 2 aromatic rings. The number of fused-ring (bicyclic) bond motifs is 2. The predicted molar refractivity (Wildman–Crippen MR) is 100 cm³/mol. The number of nitrogens with zero attached hydrogens (tertiary/aromatic N) is 5. The molecule has 4 aliphatic rings. The summed E-state index contributed by atoms with van der Waals surface area (Å²) in [6, 6.07) is 0.321. The van der Waals surface area contributed by atoms with Gasteiger partial charge in [-0.15, -0.1) is 0 Å². The molecule has 0 aromatic carbocycles. The third-order valence-corrected chi connectivity index (χ3v) is 6.69. The molecule has 0 N–H and O–H groups in total. The molecule has 146 valence electrons. The van der Waals surface area contributed by atoms with Crippen LogP contribution in [-0.2, 0) is 17.3 Å². The van der Waals surface area contributed by atoms with Crippen LogP contribution in [-0.4, -0.2) is 62.5 Å². The van der Waals surface area contributed by atoms with Crippen LogP contribution in [0.25, 0.3) is 11.2 Å². The molecule has 2 aromatic heterocycles. The van der Waals surface area contributed by atoms with Gasteiger partial charge in [0.2, 0.25) is 11.2 Å². The van der Waals surface area contributed by atoms with Crippen molar-refractivity contribution in [3.63, 3.8) is 0 Å². The summed E-state index contributed by atoms with van der Waals surface area (Å²) in [5.74, 6) is 0.377. The number of halogens is 1. The first kappa shape index (κ1) is 17.5. The molecule has 0 radical (unpaired) electrons. The maximum atomic E-state index is 13.1. The van der Waals surface area contributed by atoms with Gasteiger partial charge < -0.3 is 9.47 Å². The fourth-order valence-electron chi connectivity index (χ4n) is 5.02. The maximum absolute atomic E-state index is 13.1. The monoisotopic (exact) mass is 393 g/mol. The fourth-order valence-corrected chi connectivity index (χ4v) is 5.18. The van der Waals surface area contributed by atoms with E-state index in [1.165, 1.54) is 0 Å². The SMILES string of the molecule is C[C@H](Oc1nc(Cl)nc2c1n(C)c(=O)n2C12COC(C1)C2)[C@@H]1CCCN1C. The summed E-state index contributed by atoms with van der Waals surface area (Å²) in [5.41, 5.74) is 0.698. The van der Waals surface area contributed by atoms with E-state index in [0.717, 1.165) is 32.2 Å². The molecule has 2 atom stereocenters. The number of ether oxygens (including phenoxy) is 2. The number of likely N-dealkylation sites (tertiary alicyclic amines) is 1. The molecule has 9 heteroatoms. The van der Waals surface area contributed by atoms with Gasteiger partial charge >= 0.3 is 5.69 Å². The second kappa shape index (κ2) is 5.93. The van der Waals surface area contributed by atoms with Crippen molar-refractivity contribution in [2.75, 3.05) is 20.2 Å². The molecule has 1 aliphatic carbocycles. The third-order valence-electron chi connectivity index (χ3n) is 6.53. The van der Waals surface area contributed by atoms with Crippen molar-refractivity contribution in [3.05, 3.63) is 15.8 Å². The number of aromatic nitrogens is 4. The average molecular weight is 394 g/mol. The van der Waals surface area contributed by atoms with E-state index in [1.54, 1.807) is 16.2 Å². The molecular weight excluding hydrogens is 370 g/mol. The molecule has 5 heterocycles. The molecule has 3 aliphatic heterocycles. The Morgan fingerprint density at radius 1 is 1.33 bits per heavy atom. The lowest BCUT2D eigenvalue weighted by molar-refractivity contribution is 0.113. The Morgan fingerprint density at radius 3 is 2.74 bits per heavy atom. The van der Waals surface area contributed by atoms with E-state index in [9.17, 15) is 4.79 Å². The normalized spacial score (nSPS) is 31.4. The van der Waals surface area contributed by atoms with E-state index in [2.05, 4.69) is 21.9 Å². The van der Waals surface area contributed by atoms with Gasteiger partial charge in [-0.05, 0) is 57.8 Å². The topological polar surface area (TPSA) is 74.4 Å². The highest BCUT2D eigenvalue weighted by Crippen LogP contribution is 2.48. The van der Waals surface area contributed by atoms with Gasteiger partial charge in [-0.2, -0.15) is 9.97 Å². The molecule has 27 heavy (non-hydrogen) atoms. The molecule has 1 saturated carbocycles. The van der Waals surface area contributed by atoms with Crippen molar-refractivity contribution in [3.8, 4) is 5.88 Å². The van der Waals surface area contributed by atoms with Crippen molar-refractivity contribution in [2.45, 2.75) is 56.4 Å².